The number of pyridine rings is 1. The first-order valence-electron chi connectivity index (χ1n) is 4.15. The van der Waals surface area contributed by atoms with Crippen molar-refractivity contribution in [1.82, 2.24) is 4.98 Å². The molecule has 0 aliphatic rings. The van der Waals surface area contributed by atoms with Crippen LogP contribution in [0.25, 0.3) is 0 Å². The summed E-state index contributed by atoms with van der Waals surface area (Å²) in [4.78, 5) is 14.2. The summed E-state index contributed by atoms with van der Waals surface area (Å²) in [7, 11) is 0. The normalized spacial score (nSPS) is 14.8. The van der Waals surface area contributed by atoms with Crippen LogP contribution in [-0.4, -0.2) is 27.3 Å². The molecule has 0 fully saturated rings. The van der Waals surface area contributed by atoms with E-state index in [0.29, 0.717) is 5.56 Å². The Morgan fingerprint density at radius 3 is 2.79 bits per heavy atom. The molecule has 1 aromatic heterocycles. The predicted molar refractivity (Wildman–Crippen MR) is 49.8 cm³/mol. The summed E-state index contributed by atoms with van der Waals surface area (Å²) >= 11 is 0. The highest BCUT2D eigenvalue weighted by molar-refractivity contribution is 5.85. The van der Waals surface area contributed by atoms with Gasteiger partial charge in [-0.3, -0.25) is 0 Å². The first-order valence-corrected chi connectivity index (χ1v) is 4.15. The van der Waals surface area contributed by atoms with Crippen LogP contribution < -0.4 is 5.73 Å². The molecule has 0 aliphatic heterocycles. The molecule has 5 nitrogen and oxygen atoms in total. The maximum absolute atomic E-state index is 10.6. The lowest BCUT2D eigenvalue weighted by Crippen LogP contribution is -2.23. The van der Waals surface area contributed by atoms with E-state index in [0.717, 1.165) is 0 Å². The second-order valence-electron chi connectivity index (χ2n) is 3.05. The highest BCUT2D eigenvalue weighted by Gasteiger charge is 2.14. The number of aromatic carboxylic acids is 1. The summed E-state index contributed by atoms with van der Waals surface area (Å²) in [5.74, 6) is -1.11. The van der Waals surface area contributed by atoms with Gasteiger partial charge in [-0.1, -0.05) is 0 Å². The number of nitrogens with two attached hydrogens (primary N) is 1. The van der Waals surface area contributed by atoms with Crippen molar-refractivity contribution in [2.75, 3.05) is 0 Å². The summed E-state index contributed by atoms with van der Waals surface area (Å²) < 4.78 is 0. The van der Waals surface area contributed by atoms with E-state index in [1.807, 2.05) is 0 Å². The second-order valence-corrected chi connectivity index (χ2v) is 3.05. The molecule has 0 bridgehead atoms. The molecule has 76 valence electrons. The SMILES string of the molecule is CC(O)C(N)c1ccnc(C(=O)O)c1. The Balaban J connectivity index is 2.99. The fourth-order valence-electron chi connectivity index (χ4n) is 1.05. The van der Waals surface area contributed by atoms with Gasteiger partial charge in [0, 0.05) is 6.20 Å². The minimum absolute atomic E-state index is 0.0707. The zero-order chi connectivity index (χ0) is 10.7. The first kappa shape index (κ1) is 10.6. The van der Waals surface area contributed by atoms with E-state index in [-0.39, 0.29) is 5.69 Å². The molecule has 2 unspecified atom stereocenters. The van der Waals surface area contributed by atoms with Gasteiger partial charge in [-0.15, -0.1) is 0 Å². The molecule has 0 saturated carbocycles. The lowest BCUT2D eigenvalue weighted by Gasteiger charge is -2.14. The van der Waals surface area contributed by atoms with Gasteiger partial charge in [0.05, 0.1) is 12.1 Å². The monoisotopic (exact) mass is 196 g/mol. The summed E-state index contributed by atoms with van der Waals surface area (Å²) in [5, 5.41) is 17.9. The van der Waals surface area contributed by atoms with E-state index in [9.17, 15) is 9.90 Å². The molecule has 4 N–H and O–H groups in total. The minimum atomic E-state index is -1.11. The van der Waals surface area contributed by atoms with Crippen LogP contribution in [0, 0.1) is 0 Å². The topological polar surface area (TPSA) is 96.4 Å². The van der Waals surface area contributed by atoms with Crippen molar-refractivity contribution < 1.29 is 15.0 Å². The smallest absolute Gasteiger partial charge is 0.354 e. The molecule has 0 aliphatic carbocycles. The molecule has 5 heteroatoms. The first-order chi connectivity index (χ1) is 6.52. The minimum Gasteiger partial charge on any atom is -0.477 e. The Kier molecular flexibility index (Phi) is 3.16. The largest absolute Gasteiger partial charge is 0.477 e. The summed E-state index contributed by atoms with van der Waals surface area (Å²) in [6.45, 7) is 1.55. The Morgan fingerprint density at radius 2 is 2.29 bits per heavy atom. The summed E-state index contributed by atoms with van der Waals surface area (Å²) in [6, 6.07) is 2.36. The molecule has 14 heavy (non-hydrogen) atoms. The predicted octanol–water partition coefficient (Wildman–Crippen LogP) is 0.160. The average Bonchev–Trinajstić information content (AvgIpc) is 2.16. The van der Waals surface area contributed by atoms with Crippen molar-refractivity contribution in [3.8, 4) is 0 Å². The van der Waals surface area contributed by atoms with Crippen molar-refractivity contribution >= 4 is 5.97 Å². The lowest BCUT2D eigenvalue weighted by molar-refractivity contribution is 0.0690. The molecule has 2 atom stereocenters. The highest BCUT2D eigenvalue weighted by atomic mass is 16.4. The van der Waals surface area contributed by atoms with Crippen LogP contribution in [0.1, 0.15) is 29.0 Å². The molecular weight excluding hydrogens is 184 g/mol. The molecule has 0 aromatic carbocycles. The number of aliphatic hydroxyl groups is 1. The Bertz CT molecular complexity index is 339. The van der Waals surface area contributed by atoms with E-state index < -0.39 is 18.1 Å². The number of aliphatic hydroxyl groups excluding tert-OH is 1. The Labute approximate surface area is 81.2 Å². The fraction of sp³-hybridized carbons (Fsp3) is 0.333. The maximum Gasteiger partial charge on any atom is 0.354 e. The van der Waals surface area contributed by atoms with Crippen molar-refractivity contribution in [3.63, 3.8) is 0 Å². The van der Waals surface area contributed by atoms with Gasteiger partial charge in [0.1, 0.15) is 5.69 Å². The Hall–Kier alpha value is -1.46. The van der Waals surface area contributed by atoms with E-state index in [1.54, 1.807) is 13.0 Å². The van der Waals surface area contributed by atoms with Crippen molar-refractivity contribution in [3.05, 3.63) is 29.6 Å². The summed E-state index contributed by atoms with van der Waals surface area (Å²) in [6.07, 6.45) is 0.639. The second kappa shape index (κ2) is 4.17. The fourth-order valence-corrected chi connectivity index (χ4v) is 1.05. The molecule has 0 saturated heterocycles. The number of carboxylic acid groups (broad SMARTS) is 1. The molecule has 1 aromatic rings. The van der Waals surface area contributed by atoms with Gasteiger partial charge in [0.2, 0.25) is 0 Å². The van der Waals surface area contributed by atoms with Crippen molar-refractivity contribution in [2.45, 2.75) is 19.1 Å². The van der Waals surface area contributed by atoms with E-state index in [4.69, 9.17) is 10.8 Å². The van der Waals surface area contributed by atoms with Crippen LogP contribution in [0.3, 0.4) is 0 Å². The molecule has 0 spiro atoms. The molecule has 0 radical (unpaired) electrons. The molecule has 1 rings (SSSR count). The van der Waals surface area contributed by atoms with Crippen molar-refractivity contribution in [1.29, 1.82) is 0 Å². The van der Waals surface area contributed by atoms with Crippen LogP contribution in [0.5, 0.6) is 0 Å². The zero-order valence-corrected chi connectivity index (χ0v) is 7.71. The highest BCUT2D eigenvalue weighted by Crippen LogP contribution is 2.14. The third-order valence-electron chi connectivity index (χ3n) is 1.91. The van der Waals surface area contributed by atoms with Crippen LogP contribution >= 0.6 is 0 Å². The van der Waals surface area contributed by atoms with Gasteiger partial charge in [0.25, 0.3) is 0 Å². The zero-order valence-electron chi connectivity index (χ0n) is 7.71. The third kappa shape index (κ3) is 2.27. The number of hydrogen-bond donors (Lipinski definition) is 3. The number of nitrogens with zero attached hydrogens (tertiary/aromatic N) is 1. The quantitative estimate of drug-likeness (QED) is 0.639. The standard InChI is InChI=1S/C9H12N2O3/c1-5(12)8(10)6-2-3-11-7(4-6)9(13)14/h2-5,8,12H,10H2,1H3,(H,13,14). The maximum atomic E-state index is 10.6. The van der Waals surface area contributed by atoms with Crippen LogP contribution in [-0.2, 0) is 0 Å². The van der Waals surface area contributed by atoms with Crippen LogP contribution in [0.4, 0.5) is 0 Å². The number of rotatable bonds is 3. The summed E-state index contributed by atoms with van der Waals surface area (Å²) in [5.41, 5.74) is 6.13. The van der Waals surface area contributed by atoms with Gasteiger partial charge in [-0.25, -0.2) is 9.78 Å². The van der Waals surface area contributed by atoms with Crippen molar-refractivity contribution in [2.24, 2.45) is 5.73 Å². The van der Waals surface area contributed by atoms with E-state index >= 15 is 0 Å². The molecular formula is C9H12N2O3. The van der Waals surface area contributed by atoms with Gasteiger partial charge in [-0.05, 0) is 24.6 Å². The van der Waals surface area contributed by atoms with Gasteiger partial charge in [-0.2, -0.15) is 0 Å². The Morgan fingerprint density at radius 1 is 1.64 bits per heavy atom. The molecule has 1 heterocycles. The lowest BCUT2D eigenvalue weighted by atomic mass is 10.0. The van der Waals surface area contributed by atoms with Gasteiger partial charge < -0.3 is 15.9 Å². The van der Waals surface area contributed by atoms with Gasteiger partial charge in [0.15, 0.2) is 0 Å². The van der Waals surface area contributed by atoms with E-state index in [2.05, 4.69) is 4.98 Å². The van der Waals surface area contributed by atoms with Gasteiger partial charge >= 0.3 is 5.97 Å². The molecule has 0 amide bonds. The number of aromatic nitrogens is 1. The third-order valence-corrected chi connectivity index (χ3v) is 1.91. The number of hydrogen-bond acceptors (Lipinski definition) is 4. The average molecular weight is 196 g/mol. The number of carbonyl (C=O) groups is 1. The van der Waals surface area contributed by atoms with Crippen LogP contribution in [0.2, 0.25) is 0 Å². The van der Waals surface area contributed by atoms with Crippen LogP contribution in [0.15, 0.2) is 18.3 Å². The number of carboxylic acids is 1. The van der Waals surface area contributed by atoms with E-state index in [1.165, 1.54) is 12.3 Å².